The van der Waals surface area contributed by atoms with Gasteiger partial charge in [0, 0.05) is 44.1 Å². The molecule has 8 aromatic carbocycles. The molecule has 1 aliphatic carbocycles. The van der Waals surface area contributed by atoms with Crippen molar-refractivity contribution in [1.82, 2.24) is 19.1 Å². The van der Waals surface area contributed by atoms with Gasteiger partial charge in [-0.2, -0.15) is 0 Å². The molecule has 0 N–H and O–H groups in total. The van der Waals surface area contributed by atoms with Gasteiger partial charge >= 0.3 is 0 Å². The van der Waals surface area contributed by atoms with Crippen LogP contribution in [0.25, 0.3) is 93.8 Å². The van der Waals surface area contributed by atoms with Crippen molar-refractivity contribution in [3.8, 4) is 22.9 Å². The van der Waals surface area contributed by atoms with E-state index < -0.39 is 0 Å². The van der Waals surface area contributed by atoms with Crippen LogP contribution in [-0.4, -0.2) is 19.1 Å². The molecule has 0 saturated carbocycles. The first-order chi connectivity index (χ1) is 29.2. The van der Waals surface area contributed by atoms with E-state index in [-0.39, 0.29) is 5.92 Å². The van der Waals surface area contributed by atoms with E-state index in [9.17, 15) is 0 Å². The van der Waals surface area contributed by atoms with Gasteiger partial charge in [0.25, 0.3) is 0 Å². The number of rotatable bonds is 5. The Labute approximate surface area is 341 Å². The largest absolute Gasteiger partial charge is 0.309 e. The molecule has 3 heterocycles. The Morgan fingerprint density at radius 3 is 1.95 bits per heavy atom. The van der Waals surface area contributed by atoms with E-state index in [0.29, 0.717) is 11.9 Å². The van der Waals surface area contributed by atoms with Crippen LogP contribution in [0.3, 0.4) is 0 Å². The van der Waals surface area contributed by atoms with E-state index in [0.717, 1.165) is 33.2 Å². The molecule has 278 valence electrons. The van der Waals surface area contributed by atoms with E-state index in [1.807, 2.05) is 0 Å². The highest BCUT2D eigenvalue weighted by atomic mass is 15.2. The second-order valence-corrected chi connectivity index (χ2v) is 15.8. The average Bonchev–Trinajstić information content (AvgIpc) is 3.82. The lowest BCUT2D eigenvalue weighted by molar-refractivity contribution is 0.637. The lowest BCUT2D eigenvalue weighted by Gasteiger charge is -2.24. The van der Waals surface area contributed by atoms with E-state index in [1.54, 1.807) is 0 Å². The molecule has 0 radical (unpaired) electrons. The quantitative estimate of drug-likeness (QED) is 0.175. The van der Waals surface area contributed by atoms with Crippen LogP contribution in [0, 0.1) is 5.92 Å². The molecule has 0 spiro atoms. The minimum Gasteiger partial charge on any atom is -0.309 e. The van der Waals surface area contributed by atoms with E-state index in [1.165, 1.54) is 65.7 Å². The normalized spacial score (nSPS) is 15.6. The van der Waals surface area contributed by atoms with Crippen LogP contribution in [0.1, 0.15) is 24.0 Å². The Bertz CT molecular complexity index is 3510. The van der Waals surface area contributed by atoms with Crippen molar-refractivity contribution < 1.29 is 0 Å². The second-order valence-electron chi connectivity index (χ2n) is 15.8. The number of nitrogens with zero attached hydrogens (tertiary/aromatic N) is 4. The van der Waals surface area contributed by atoms with Crippen LogP contribution in [0.15, 0.2) is 200 Å². The van der Waals surface area contributed by atoms with E-state index in [2.05, 4.69) is 216 Å². The smallest absolute Gasteiger partial charge is 0.235 e. The Morgan fingerprint density at radius 2 is 1.12 bits per heavy atom. The minimum absolute atomic E-state index is 0.232. The Morgan fingerprint density at radius 1 is 0.475 bits per heavy atom. The van der Waals surface area contributed by atoms with E-state index in [4.69, 9.17) is 9.97 Å². The maximum absolute atomic E-state index is 5.40. The summed E-state index contributed by atoms with van der Waals surface area (Å²) in [5.74, 6) is 1.26. The zero-order chi connectivity index (χ0) is 39.0. The molecular formula is C55H38N4. The highest BCUT2D eigenvalue weighted by Crippen LogP contribution is 2.41. The van der Waals surface area contributed by atoms with Gasteiger partial charge in [0.1, 0.15) is 0 Å². The van der Waals surface area contributed by atoms with Gasteiger partial charge in [-0.1, -0.05) is 159 Å². The Hall–Kier alpha value is -7.56. The summed E-state index contributed by atoms with van der Waals surface area (Å²) >= 11 is 0. The standard InChI is InChI=1S/C55H38N4/c1-35-23-24-39(40-30-31-51-47(34-40)43-17-8-11-21-49(43)58(51)41-14-3-2-4-15-41)33-46(35)37-25-27-38(28-26-37)54-44-18-7-10-20-48(44)56-55(57-54)59-50-22-12-9-19-45(50)53-42-16-6-5-13-36(42)29-32-52(53)59/h2-35,46H,1H3. The predicted molar refractivity (Wildman–Crippen MR) is 247 cm³/mol. The molecule has 4 nitrogen and oxygen atoms in total. The average molecular weight is 755 g/mol. The first-order valence-electron chi connectivity index (χ1n) is 20.5. The van der Waals surface area contributed by atoms with Gasteiger partial charge < -0.3 is 4.57 Å². The van der Waals surface area contributed by atoms with Crippen LogP contribution in [-0.2, 0) is 0 Å². The summed E-state index contributed by atoms with van der Waals surface area (Å²) in [7, 11) is 0. The fraction of sp³-hybridized carbons (Fsp3) is 0.0545. The van der Waals surface area contributed by atoms with Crippen LogP contribution >= 0.6 is 0 Å². The summed E-state index contributed by atoms with van der Waals surface area (Å²) in [5, 5.41) is 8.45. The van der Waals surface area contributed by atoms with Crippen LogP contribution < -0.4 is 0 Å². The minimum atomic E-state index is 0.232. The molecule has 2 atom stereocenters. The Kier molecular flexibility index (Phi) is 7.54. The first kappa shape index (κ1) is 33.6. The number of hydrogen-bond acceptors (Lipinski definition) is 2. The third kappa shape index (κ3) is 5.30. The summed E-state index contributed by atoms with van der Waals surface area (Å²) in [6, 6.07) is 65.5. The van der Waals surface area contributed by atoms with Crippen molar-refractivity contribution in [1.29, 1.82) is 0 Å². The van der Waals surface area contributed by atoms with Crippen molar-refractivity contribution in [2.75, 3.05) is 0 Å². The molecule has 0 amide bonds. The molecule has 0 saturated heterocycles. The maximum atomic E-state index is 5.40. The van der Waals surface area contributed by atoms with Gasteiger partial charge in [-0.05, 0) is 81.9 Å². The topological polar surface area (TPSA) is 35.6 Å². The molecular weight excluding hydrogens is 717 g/mol. The summed E-state index contributed by atoms with van der Waals surface area (Å²) in [5.41, 5.74) is 12.5. The van der Waals surface area contributed by atoms with Crippen LogP contribution in [0.5, 0.6) is 0 Å². The number of aromatic nitrogens is 4. The molecule has 2 unspecified atom stereocenters. The van der Waals surface area contributed by atoms with Gasteiger partial charge in [0.2, 0.25) is 5.95 Å². The summed E-state index contributed by atoms with van der Waals surface area (Å²) < 4.78 is 4.61. The van der Waals surface area contributed by atoms with Crippen LogP contribution in [0.4, 0.5) is 0 Å². The number of benzene rings is 8. The lowest BCUT2D eigenvalue weighted by Crippen LogP contribution is -2.09. The van der Waals surface area contributed by atoms with Crippen molar-refractivity contribution in [2.45, 2.75) is 12.8 Å². The predicted octanol–water partition coefficient (Wildman–Crippen LogP) is 14.0. The second kappa shape index (κ2) is 13.3. The summed E-state index contributed by atoms with van der Waals surface area (Å²) in [4.78, 5) is 10.6. The molecule has 59 heavy (non-hydrogen) atoms. The highest BCUT2D eigenvalue weighted by molar-refractivity contribution is 6.21. The molecule has 12 rings (SSSR count). The van der Waals surface area contributed by atoms with Gasteiger partial charge in [-0.25, -0.2) is 9.97 Å². The van der Waals surface area contributed by atoms with Gasteiger partial charge in [0.05, 0.1) is 33.3 Å². The van der Waals surface area contributed by atoms with Crippen molar-refractivity contribution in [3.05, 3.63) is 211 Å². The summed E-state index contributed by atoms with van der Waals surface area (Å²) in [6.07, 6.45) is 7.13. The molecule has 4 heteroatoms. The fourth-order valence-corrected chi connectivity index (χ4v) is 9.58. The molecule has 0 aliphatic heterocycles. The van der Waals surface area contributed by atoms with E-state index >= 15 is 0 Å². The fourth-order valence-electron chi connectivity index (χ4n) is 9.58. The first-order valence-corrected chi connectivity index (χ1v) is 20.5. The molecule has 1 aliphatic rings. The molecule has 11 aromatic rings. The van der Waals surface area contributed by atoms with Gasteiger partial charge in [-0.15, -0.1) is 0 Å². The zero-order valence-corrected chi connectivity index (χ0v) is 32.5. The van der Waals surface area contributed by atoms with Crippen molar-refractivity contribution in [3.63, 3.8) is 0 Å². The Balaban J connectivity index is 0.942. The molecule has 3 aromatic heterocycles. The van der Waals surface area contributed by atoms with Crippen LogP contribution in [0.2, 0.25) is 0 Å². The lowest BCUT2D eigenvalue weighted by atomic mass is 9.80. The molecule has 0 bridgehead atoms. The highest BCUT2D eigenvalue weighted by Gasteiger charge is 2.22. The number of allylic oxidation sites excluding steroid dienone is 4. The van der Waals surface area contributed by atoms with Gasteiger partial charge in [-0.3, -0.25) is 4.57 Å². The summed E-state index contributed by atoms with van der Waals surface area (Å²) in [6.45, 7) is 2.32. The zero-order valence-electron chi connectivity index (χ0n) is 32.5. The van der Waals surface area contributed by atoms with Crippen molar-refractivity contribution >= 4 is 70.9 Å². The number of para-hydroxylation sites is 4. The SMILES string of the molecule is CC1C=CC(c2ccc3c(c2)c2ccccc2n3-c2ccccc2)=CC1c1ccc(-c2nc(-n3c4ccccc4c4c5ccccc5ccc43)nc3ccccc23)cc1. The number of fused-ring (bicyclic) bond motifs is 9. The third-order valence-corrected chi connectivity index (χ3v) is 12.4. The number of hydrogen-bond donors (Lipinski definition) is 0. The molecule has 0 fully saturated rings. The van der Waals surface area contributed by atoms with Crippen molar-refractivity contribution in [2.24, 2.45) is 5.92 Å². The monoisotopic (exact) mass is 754 g/mol. The van der Waals surface area contributed by atoms with Gasteiger partial charge in [0.15, 0.2) is 0 Å². The maximum Gasteiger partial charge on any atom is 0.235 e. The third-order valence-electron chi connectivity index (χ3n) is 12.4.